The minimum Gasteiger partial charge on any atom is -0.382 e. The molecule has 0 aromatic heterocycles. The maximum atomic E-state index is 13.9. The fourth-order valence-electron chi connectivity index (χ4n) is 2.94. The summed E-state index contributed by atoms with van der Waals surface area (Å²) >= 11 is 0. The van der Waals surface area contributed by atoms with E-state index in [0.717, 1.165) is 25.9 Å². The number of hydrogen-bond donors (Lipinski definition) is 2. The fraction of sp³-hybridized carbons (Fsp3) is 0.316. The third kappa shape index (κ3) is 6.65. The van der Waals surface area contributed by atoms with Gasteiger partial charge in [0.05, 0.1) is 0 Å². The van der Waals surface area contributed by atoms with Crippen LogP contribution in [-0.2, 0) is 0 Å². The highest BCUT2D eigenvalue weighted by Crippen LogP contribution is 2.22. The van der Waals surface area contributed by atoms with Crippen molar-refractivity contribution in [2.75, 3.05) is 30.8 Å². The lowest BCUT2D eigenvalue weighted by molar-refractivity contribution is 0.102. The number of piperidine rings is 1. The van der Waals surface area contributed by atoms with Crippen LogP contribution in [0.1, 0.15) is 23.2 Å². The van der Waals surface area contributed by atoms with E-state index in [2.05, 4.69) is 22.6 Å². The summed E-state index contributed by atoms with van der Waals surface area (Å²) in [4.78, 5) is 14.5. The van der Waals surface area contributed by atoms with Crippen LogP contribution in [0.3, 0.4) is 0 Å². The van der Waals surface area contributed by atoms with Crippen LogP contribution in [0.5, 0.6) is 0 Å². The van der Waals surface area contributed by atoms with Gasteiger partial charge in [-0.1, -0.05) is 0 Å². The number of amides is 1. The van der Waals surface area contributed by atoms with Gasteiger partial charge in [0.2, 0.25) is 0 Å². The van der Waals surface area contributed by atoms with Crippen molar-refractivity contribution in [2.45, 2.75) is 18.9 Å². The van der Waals surface area contributed by atoms with Gasteiger partial charge in [0.25, 0.3) is 5.91 Å². The molecule has 0 spiro atoms. The molecule has 148 valence electrons. The summed E-state index contributed by atoms with van der Waals surface area (Å²) in [6.45, 7) is 2.00. The lowest BCUT2D eigenvalue weighted by Gasteiger charge is -2.30. The highest BCUT2D eigenvalue weighted by molar-refractivity contribution is 6.04. The summed E-state index contributed by atoms with van der Waals surface area (Å²) in [5, 5.41) is 5.99. The summed E-state index contributed by atoms with van der Waals surface area (Å²) in [6, 6.07) is 9.90. The Balaban J connectivity index is 0.00000182. The smallest absolute Gasteiger partial charge is 0.255 e. The van der Waals surface area contributed by atoms with Crippen molar-refractivity contribution < 1.29 is 13.6 Å². The molecule has 1 saturated heterocycles. The second-order valence-corrected chi connectivity index (χ2v) is 6.41. The van der Waals surface area contributed by atoms with Crippen molar-refractivity contribution in [2.24, 2.45) is 0 Å². The monoisotopic (exact) mass is 417 g/mol. The van der Waals surface area contributed by atoms with Crippen LogP contribution in [-0.4, -0.2) is 37.0 Å². The number of likely N-dealkylation sites (tertiary alicyclic amines) is 1. The molecular formula is C19H23Cl2F2N3O. The maximum Gasteiger partial charge on any atom is 0.255 e. The van der Waals surface area contributed by atoms with E-state index in [4.69, 9.17) is 0 Å². The number of rotatable bonds is 4. The van der Waals surface area contributed by atoms with Gasteiger partial charge in [-0.15, -0.1) is 24.8 Å². The number of benzene rings is 2. The summed E-state index contributed by atoms with van der Waals surface area (Å²) in [5.41, 5.74) is 1.32. The summed E-state index contributed by atoms with van der Waals surface area (Å²) in [5.74, 6) is -1.24. The minimum atomic E-state index is -0.424. The average molecular weight is 418 g/mol. The maximum absolute atomic E-state index is 13.9. The second kappa shape index (κ2) is 10.4. The molecular weight excluding hydrogens is 395 g/mol. The molecule has 27 heavy (non-hydrogen) atoms. The predicted molar refractivity (Wildman–Crippen MR) is 109 cm³/mol. The largest absolute Gasteiger partial charge is 0.382 e. The van der Waals surface area contributed by atoms with Crippen LogP contribution in [0.15, 0.2) is 42.5 Å². The van der Waals surface area contributed by atoms with Gasteiger partial charge in [0, 0.05) is 23.0 Å². The van der Waals surface area contributed by atoms with Gasteiger partial charge in [0.1, 0.15) is 11.6 Å². The molecule has 1 aliphatic rings. The Hall–Kier alpha value is -1.89. The highest BCUT2D eigenvalue weighted by Gasteiger charge is 2.17. The quantitative estimate of drug-likeness (QED) is 0.765. The Morgan fingerprint density at radius 2 is 1.56 bits per heavy atom. The molecule has 0 radical (unpaired) electrons. The van der Waals surface area contributed by atoms with Gasteiger partial charge in [-0.25, -0.2) is 8.78 Å². The Bertz CT molecular complexity index is 751. The van der Waals surface area contributed by atoms with Gasteiger partial charge < -0.3 is 15.5 Å². The zero-order valence-electron chi connectivity index (χ0n) is 14.9. The van der Waals surface area contributed by atoms with Gasteiger partial charge in [0.15, 0.2) is 0 Å². The van der Waals surface area contributed by atoms with Crippen molar-refractivity contribution in [3.8, 4) is 0 Å². The van der Waals surface area contributed by atoms with Gasteiger partial charge in [-0.2, -0.15) is 0 Å². The first-order chi connectivity index (χ1) is 12.0. The standard InChI is InChI=1S/C19H21F2N3O.2ClH/c1-24-8-6-16(7-9-24)22-17-10-15(21)11-18(12-17)23-19(25)13-2-4-14(20)5-3-13;;/h2-5,10-12,16,22H,6-9H2,1H3,(H,23,25);2*1H. The summed E-state index contributed by atoms with van der Waals surface area (Å²) in [7, 11) is 2.08. The van der Waals surface area contributed by atoms with E-state index in [1.54, 1.807) is 6.07 Å². The molecule has 4 nitrogen and oxygen atoms in total. The van der Waals surface area contributed by atoms with Crippen LogP contribution in [0, 0.1) is 11.6 Å². The number of carbonyl (C=O) groups is 1. The van der Waals surface area contributed by atoms with Crippen LogP contribution in [0.2, 0.25) is 0 Å². The number of carbonyl (C=O) groups excluding carboxylic acids is 1. The Labute approximate surface area is 170 Å². The van der Waals surface area contributed by atoms with E-state index in [0.29, 0.717) is 23.0 Å². The lowest BCUT2D eigenvalue weighted by atomic mass is 10.1. The highest BCUT2D eigenvalue weighted by atomic mass is 35.5. The van der Waals surface area contributed by atoms with E-state index >= 15 is 0 Å². The van der Waals surface area contributed by atoms with Crippen LogP contribution in [0.4, 0.5) is 20.2 Å². The molecule has 0 bridgehead atoms. The normalized spacial score (nSPS) is 14.6. The van der Waals surface area contributed by atoms with E-state index in [-0.39, 0.29) is 24.8 Å². The fourth-order valence-corrected chi connectivity index (χ4v) is 2.94. The first-order valence-corrected chi connectivity index (χ1v) is 8.32. The Kier molecular flexibility index (Phi) is 8.96. The topological polar surface area (TPSA) is 44.4 Å². The third-order valence-electron chi connectivity index (χ3n) is 4.35. The molecule has 1 heterocycles. The van der Waals surface area contributed by atoms with Crippen LogP contribution < -0.4 is 10.6 Å². The Morgan fingerprint density at radius 1 is 0.963 bits per heavy atom. The third-order valence-corrected chi connectivity index (χ3v) is 4.35. The molecule has 3 rings (SSSR count). The van der Waals surface area contributed by atoms with E-state index in [1.165, 1.54) is 36.4 Å². The molecule has 2 aromatic rings. The number of nitrogens with zero attached hydrogens (tertiary/aromatic N) is 1. The average Bonchev–Trinajstić information content (AvgIpc) is 2.57. The van der Waals surface area contributed by atoms with E-state index < -0.39 is 17.5 Å². The molecule has 2 aromatic carbocycles. The first kappa shape index (κ1) is 23.1. The van der Waals surface area contributed by atoms with Crippen molar-refractivity contribution in [1.29, 1.82) is 0 Å². The van der Waals surface area contributed by atoms with E-state index in [9.17, 15) is 13.6 Å². The van der Waals surface area contributed by atoms with Crippen LogP contribution >= 0.6 is 24.8 Å². The van der Waals surface area contributed by atoms with Crippen molar-refractivity contribution in [3.63, 3.8) is 0 Å². The lowest BCUT2D eigenvalue weighted by Crippen LogP contribution is -2.36. The minimum absolute atomic E-state index is 0. The van der Waals surface area contributed by atoms with Gasteiger partial charge >= 0.3 is 0 Å². The molecule has 1 aliphatic heterocycles. The molecule has 0 aliphatic carbocycles. The zero-order valence-corrected chi connectivity index (χ0v) is 16.5. The first-order valence-electron chi connectivity index (χ1n) is 8.32. The number of halogens is 4. The number of nitrogens with one attached hydrogen (secondary N) is 2. The van der Waals surface area contributed by atoms with E-state index in [1.807, 2.05) is 0 Å². The van der Waals surface area contributed by atoms with Crippen molar-refractivity contribution in [1.82, 2.24) is 4.90 Å². The summed E-state index contributed by atoms with van der Waals surface area (Å²) in [6.07, 6.45) is 1.98. The van der Waals surface area contributed by atoms with Gasteiger partial charge in [-0.05, 0) is 75.4 Å². The predicted octanol–water partition coefficient (Wildman–Crippen LogP) is 4.57. The molecule has 0 saturated carbocycles. The number of anilines is 2. The second-order valence-electron chi connectivity index (χ2n) is 6.41. The molecule has 0 unspecified atom stereocenters. The van der Waals surface area contributed by atoms with Crippen molar-refractivity contribution in [3.05, 3.63) is 59.7 Å². The molecule has 8 heteroatoms. The van der Waals surface area contributed by atoms with Crippen molar-refractivity contribution >= 4 is 42.1 Å². The zero-order chi connectivity index (χ0) is 17.8. The molecule has 1 fully saturated rings. The number of hydrogen-bond acceptors (Lipinski definition) is 3. The molecule has 0 atom stereocenters. The Morgan fingerprint density at radius 3 is 2.19 bits per heavy atom. The SMILES string of the molecule is CN1CCC(Nc2cc(F)cc(NC(=O)c3ccc(F)cc3)c2)CC1.Cl.Cl. The van der Waals surface area contributed by atoms with Crippen LogP contribution in [0.25, 0.3) is 0 Å². The van der Waals surface area contributed by atoms with Gasteiger partial charge in [-0.3, -0.25) is 4.79 Å². The summed E-state index contributed by atoms with van der Waals surface area (Å²) < 4.78 is 26.8. The molecule has 2 N–H and O–H groups in total. The molecule has 1 amide bonds.